The van der Waals surface area contributed by atoms with Crippen molar-refractivity contribution in [2.24, 2.45) is 11.8 Å². The Balaban J connectivity index is 2.45. The molecule has 1 aliphatic heterocycles. The van der Waals surface area contributed by atoms with Crippen LogP contribution in [0.25, 0.3) is 0 Å². The van der Waals surface area contributed by atoms with Crippen LogP contribution >= 0.6 is 0 Å². The predicted octanol–water partition coefficient (Wildman–Crippen LogP) is -1.24. The summed E-state index contributed by atoms with van der Waals surface area (Å²) in [6.07, 6.45) is -2.42. The van der Waals surface area contributed by atoms with Crippen molar-refractivity contribution in [2.75, 3.05) is 14.2 Å². The third kappa shape index (κ3) is 1.93. The maximum Gasteiger partial charge on any atom is 0.337 e. The van der Waals surface area contributed by atoms with Gasteiger partial charge in [0, 0.05) is 13.0 Å². The summed E-state index contributed by atoms with van der Waals surface area (Å²) in [6.45, 7) is 1.38. The number of aliphatic hydroxyl groups is 3. The van der Waals surface area contributed by atoms with Gasteiger partial charge in [0.15, 0.2) is 0 Å². The maximum atomic E-state index is 11.7. The Morgan fingerprint density at radius 2 is 2.05 bits per heavy atom. The molecular formula is C12H18O7. The molecule has 7 nitrogen and oxygen atoms in total. The molecule has 0 saturated heterocycles. The second-order valence-corrected chi connectivity index (χ2v) is 5.02. The molecule has 1 aliphatic carbocycles. The van der Waals surface area contributed by atoms with Crippen molar-refractivity contribution < 1.29 is 34.3 Å². The first kappa shape index (κ1) is 14.3. The van der Waals surface area contributed by atoms with E-state index in [2.05, 4.69) is 4.74 Å². The molecule has 2 aliphatic rings. The molecule has 7 heteroatoms. The van der Waals surface area contributed by atoms with Crippen molar-refractivity contribution in [2.45, 2.75) is 31.0 Å². The first-order valence-corrected chi connectivity index (χ1v) is 5.91. The van der Waals surface area contributed by atoms with E-state index in [1.54, 1.807) is 0 Å². The zero-order chi connectivity index (χ0) is 14.4. The van der Waals surface area contributed by atoms with Gasteiger partial charge in [0.05, 0.1) is 36.6 Å². The summed E-state index contributed by atoms with van der Waals surface area (Å²) in [5.74, 6) is -2.26. The summed E-state index contributed by atoms with van der Waals surface area (Å²) in [6, 6.07) is 0. The van der Waals surface area contributed by atoms with Gasteiger partial charge in [-0.3, -0.25) is 0 Å². The zero-order valence-corrected chi connectivity index (χ0v) is 10.9. The summed E-state index contributed by atoms with van der Waals surface area (Å²) < 4.78 is 15.0. The van der Waals surface area contributed by atoms with Crippen molar-refractivity contribution >= 4 is 5.97 Å². The molecule has 3 N–H and O–H groups in total. The molecule has 0 aromatic heterocycles. The van der Waals surface area contributed by atoms with Crippen molar-refractivity contribution in [3.63, 3.8) is 0 Å². The smallest absolute Gasteiger partial charge is 0.337 e. The second kappa shape index (κ2) is 4.75. The Morgan fingerprint density at radius 1 is 1.42 bits per heavy atom. The number of ether oxygens (including phenoxy) is 3. The molecule has 0 spiro atoms. The topological polar surface area (TPSA) is 105 Å². The molecule has 0 radical (unpaired) electrons. The van der Waals surface area contributed by atoms with Crippen LogP contribution in [0.5, 0.6) is 0 Å². The lowest BCUT2D eigenvalue weighted by Gasteiger charge is -2.37. The monoisotopic (exact) mass is 274 g/mol. The normalized spacial score (nSPS) is 45.2. The molecule has 0 amide bonds. The fourth-order valence-electron chi connectivity index (χ4n) is 2.95. The average Bonchev–Trinajstić information content (AvgIpc) is 2.59. The fourth-order valence-corrected chi connectivity index (χ4v) is 2.95. The van der Waals surface area contributed by atoms with Crippen LogP contribution in [-0.2, 0) is 19.0 Å². The van der Waals surface area contributed by atoms with E-state index in [9.17, 15) is 20.1 Å². The quantitative estimate of drug-likeness (QED) is 0.541. The van der Waals surface area contributed by atoms with Gasteiger partial charge in [0.2, 0.25) is 6.29 Å². The third-order valence-corrected chi connectivity index (χ3v) is 3.99. The number of esters is 1. The minimum atomic E-state index is -1.64. The van der Waals surface area contributed by atoms with E-state index in [-0.39, 0.29) is 5.57 Å². The van der Waals surface area contributed by atoms with Gasteiger partial charge >= 0.3 is 5.97 Å². The average molecular weight is 274 g/mol. The first-order chi connectivity index (χ1) is 8.86. The molecule has 1 unspecified atom stereocenters. The highest BCUT2D eigenvalue weighted by Crippen LogP contribution is 2.49. The number of hydrogen-bond donors (Lipinski definition) is 3. The molecule has 1 heterocycles. The van der Waals surface area contributed by atoms with Crippen LogP contribution in [0.4, 0.5) is 0 Å². The largest absolute Gasteiger partial charge is 0.472 e. The van der Waals surface area contributed by atoms with Crippen molar-refractivity contribution in [1.82, 2.24) is 0 Å². The van der Waals surface area contributed by atoms with Crippen LogP contribution < -0.4 is 0 Å². The van der Waals surface area contributed by atoms with Crippen LogP contribution in [0.15, 0.2) is 11.8 Å². The van der Waals surface area contributed by atoms with Gasteiger partial charge in [-0.15, -0.1) is 0 Å². The van der Waals surface area contributed by atoms with Crippen LogP contribution in [0.1, 0.15) is 6.92 Å². The van der Waals surface area contributed by atoms with Crippen molar-refractivity contribution in [1.29, 1.82) is 0 Å². The third-order valence-electron chi connectivity index (χ3n) is 3.99. The lowest BCUT2D eigenvalue weighted by molar-refractivity contribution is -0.192. The van der Waals surface area contributed by atoms with Crippen LogP contribution in [0.2, 0.25) is 0 Å². The zero-order valence-electron chi connectivity index (χ0n) is 10.9. The van der Waals surface area contributed by atoms with Gasteiger partial charge in [0.1, 0.15) is 6.10 Å². The molecule has 108 valence electrons. The van der Waals surface area contributed by atoms with Crippen LogP contribution in [0, 0.1) is 11.8 Å². The molecule has 6 atom stereocenters. The van der Waals surface area contributed by atoms with Crippen molar-refractivity contribution in [3.8, 4) is 0 Å². The van der Waals surface area contributed by atoms with E-state index in [1.807, 2.05) is 0 Å². The Kier molecular flexibility index (Phi) is 3.57. The molecule has 1 fully saturated rings. The summed E-state index contributed by atoms with van der Waals surface area (Å²) in [7, 11) is 2.59. The highest BCUT2D eigenvalue weighted by molar-refractivity contribution is 5.89. The van der Waals surface area contributed by atoms with Gasteiger partial charge in [-0.1, -0.05) is 0 Å². The van der Waals surface area contributed by atoms with Gasteiger partial charge in [-0.2, -0.15) is 0 Å². The van der Waals surface area contributed by atoms with Crippen LogP contribution in [-0.4, -0.2) is 59.6 Å². The van der Waals surface area contributed by atoms with Gasteiger partial charge in [-0.25, -0.2) is 4.79 Å². The Hall–Kier alpha value is -1.15. The van der Waals surface area contributed by atoms with Crippen LogP contribution in [0.3, 0.4) is 0 Å². The van der Waals surface area contributed by atoms with E-state index in [4.69, 9.17) is 9.47 Å². The number of rotatable bonds is 2. The van der Waals surface area contributed by atoms with E-state index in [1.165, 1.54) is 21.1 Å². The number of carbonyl (C=O) groups excluding carboxylic acids is 1. The molecule has 1 saturated carbocycles. The lowest BCUT2D eigenvalue weighted by Crippen LogP contribution is -2.49. The Morgan fingerprint density at radius 3 is 2.58 bits per heavy atom. The van der Waals surface area contributed by atoms with Gasteiger partial charge < -0.3 is 29.5 Å². The number of aliphatic hydroxyl groups excluding tert-OH is 2. The Labute approximate surface area is 110 Å². The standard InChI is InChI=1S/C12H18O7/c1-12(16)7-6(8(13)9(12)14)5(10(15)17-2)4-19-11(7)18-3/h4,6-9,11,13-14,16H,1-3H3/t6-,7-,8+,9+,11?,12-/m1/s1. The van der Waals surface area contributed by atoms with E-state index in [0.717, 1.165) is 6.26 Å². The Bertz CT molecular complexity index is 403. The SMILES string of the molecule is COC(=O)C1=COC(OC)[C@H]2[C@@H]1[C@H](O)[C@H](O)[C@]2(C)O. The molecule has 0 bridgehead atoms. The summed E-state index contributed by atoms with van der Waals surface area (Å²) in [5, 5.41) is 30.4. The minimum absolute atomic E-state index is 0.0742. The summed E-state index contributed by atoms with van der Waals surface area (Å²) in [4.78, 5) is 11.7. The highest BCUT2D eigenvalue weighted by Gasteiger charge is 2.63. The van der Waals surface area contributed by atoms with E-state index >= 15 is 0 Å². The summed E-state index contributed by atoms with van der Waals surface area (Å²) in [5.41, 5.74) is -1.57. The van der Waals surface area contributed by atoms with Crippen molar-refractivity contribution in [3.05, 3.63) is 11.8 Å². The second-order valence-electron chi connectivity index (χ2n) is 5.02. The minimum Gasteiger partial charge on any atom is -0.472 e. The van der Waals surface area contributed by atoms with Gasteiger partial charge in [0.25, 0.3) is 0 Å². The summed E-state index contributed by atoms with van der Waals surface area (Å²) >= 11 is 0. The molecular weight excluding hydrogens is 256 g/mol. The predicted molar refractivity (Wildman–Crippen MR) is 61.6 cm³/mol. The molecule has 2 rings (SSSR count). The fraction of sp³-hybridized carbons (Fsp3) is 0.750. The molecule has 0 aromatic rings. The maximum absolute atomic E-state index is 11.7. The highest BCUT2D eigenvalue weighted by atomic mass is 16.7. The van der Waals surface area contributed by atoms with Gasteiger partial charge in [-0.05, 0) is 6.92 Å². The number of hydrogen-bond acceptors (Lipinski definition) is 7. The van der Waals surface area contributed by atoms with E-state index < -0.39 is 41.9 Å². The lowest BCUT2D eigenvalue weighted by atomic mass is 9.80. The first-order valence-electron chi connectivity index (χ1n) is 5.91. The number of methoxy groups -OCH3 is 2. The molecule has 19 heavy (non-hydrogen) atoms. The van der Waals surface area contributed by atoms with E-state index in [0.29, 0.717) is 0 Å². The molecule has 0 aromatic carbocycles. The number of carbonyl (C=O) groups is 1. The number of fused-ring (bicyclic) bond motifs is 1.